The Balaban J connectivity index is 1.20. The highest BCUT2D eigenvalue weighted by Crippen LogP contribution is 2.63. The number of fused-ring (bicyclic) bond motifs is 10. The third-order valence-corrected chi connectivity index (χ3v) is 12.5. The van der Waals surface area contributed by atoms with Gasteiger partial charge in [0.05, 0.1) is 16.4 Å². The summed E-state index contributed by atoms with van der Waals surface area (Å²) >= 11 is 0. The molecule has 0 saturated carbocycles. The predicted octanol–water partition coefficient (Wildman–Crippen LogP) is 14.0. The van der Waals surface area contributed by atoms with Crippen molar-refractivity contribution in [3.05, 3.63) is 216 Å². The van der Waals surface area contributed by atoms with E-state index in [1.807, 2.05) is 6.07 Å². The summed E-state index contributed by atoms with van der Waals surface area (Å²) in [5, 5.41) is 7.43. The zero-order valence-corrected chi connectivity index (χ0v) is 30.3. The summed E-state index contributed by atoms with van der Waals surface area (Å²) in [6, 6.07) is 71.4. The molecular weight excluding hydrogens is 681 g/mol. The van der Waals surface area contributed by atoms with E-state index in [0.29, 0.717) is 0 Å². The molecule has 0 atom stereocenters. The van der Waals surface area contributed by atoms with Crippen molar-refractivity contribution >= 4 is 71.6 Å². The average Bonchev–Trinajstić information content (AvgIpc) is 3.90. The summed E-state index contributed by atoms with van der Waals surface area (Å²) in [4.78, 5) is 2.42. The average molecular weight is 713 g/mol. The van der Waals surface area contributed by atoms with Crippen LogP contribution in [0.5, 0.6) is 0 Å². The second-order valence-electron chi connectivity index (χ2n) is 15.2. The summed E-state index contributed by atoms with van der Waals surface area (Å²) in [6.45, 7) is 0. The number of hydrogen-bond acceptors (Lipinski definition) is 2. The lowest BCUT2D eigenvalue weighted by Crippen LogP contribution is -2.31. The molecule has 1 spiro atoms. The molecule has 0 N–H and O–H groups in total. The Morgan fingerprint density at radius 3 is 1.86 bits per heavy atom. The number of anilines is 3. The highest BCUT2D eigenvalue weighted by molar-refractivity contribution is 6.27. The first-order valence-electron chi connectivity index (χ1n) is 19.4. The fourth-order valence-electron chi connectivity index (χ4n) is 10.4. The Kier molecular flexibility index (Phi) is 5.83. The van der Waals surface area contributed by atoms with Crippen LogP contribution in [0.25, 0.3) is 71.3 Å². The zero-order chi connectivity index (χ0) is 36.5. The van der Waals surface area contributed by atoms with Gasteiger partial charge in [0.2, 0.25) is 0 Å². The van der Waals surface area contributed by atoms with E-state index in [2.05, 4.69) is 198 Å². The van der Waals surface area contributed by atoms with Crippen molar-refractivity contribution in [2.75, 3.05) is 4.90 Å². The van der Waals surface area contributed by atoms with Gasteiger partial charge < -0.3 is 13.9 Å². The van der Waals surface area contributed by atoms with Crippen molar-refractivity contribution in [2.24, 2.45) is 0 Å². The second-order valence-corrected chi connectivity index (χ2v) is 15.2. The Labute approximate surface area is 322 Å². The Morgan fingerprint density at radius 2 is 1.05 bits per heavy atom. The van der Waals surface area contributed by atoms with E-state index < -0.39 is 5.41 Å². The molecule has 13 rings (SSSR count). The van der Waals surface area contributed by atoms with E-state index >= 15 is 0 Å². The molecule has 9 aromatic carbocycles. The lowest BCUT2D eigenvalue weighted by atomic mass is 9.63. The van der Waals surface area contributed by atoms with Gasteiger partial charge in [-0.05, 0) is 117 Å². The third-order valence-electron chi connectivity index (χ3n) is 12.5. The fraction of sp³-hybridized carbons (Fsp3) is 0.0189. The molecule has 0 saturated heterocycles. The summed E-state index contributed by atoms with van der Waals surface area (Å²) in [6.07, 6.45) is 0. The molecule has 0 aliphatic heterocycles. The van der Waals surface area contributed by atoms with Crippen molar-refractivity contribution in [3.8, 4) is 16.8 Å². The monoisotopic (exact) mass is 712 g/mol. The van der Waals surface area contributed by atoms with E-state index in [4.69, 9.17) is 4.42 Å². The van der Waals surface area contributed by atoms with Crippen LogP contribution in [-0.4, -0.2) is 4.57 Å². The van der Waals surface area contributed by atoms with E-state index in [1.165, 1.54) is 71.6 Å². The van der Waals surface area contributed by atoms with Crippen molar-refractivity contribution in [1.82, 2.24) is 4.57 Å². The number of nitrogens with zero attached hydrogens (tertiary/aromatic N) is 2. The summed E-state index contributed by atoms with van der Waals surface area (Å²) in [5.41, 5.74) is 16.1. The SMILES string of the molecule is c1ccc(N(c2cc3c4c(ccc5c4c4c(cccc4n5-c4ccccc4)C34c3ccccc3-c3ccccc34)c2)c2ccc3oc4ccccc4c3c2)cc1. The third kappa shape index (κ3) is 3.72. The van der Waals surface area contributed by atoms with Crippen LogP contribution in [0.1, 0.15) is 22.3 Å². The van der Waals surface area contributed by atoms with Gasteiger partial charge in [-0.3, -0.25) is 0 Å². The first-order valence-corrected chi connectivity index (χ1v) is 19.4. The van der Waals surface area contributed by atoms with Gasteiger partial charge in [-0.25, -0.2) is 0 Å². The lowest BCUT2D eigenvalue weighted by molar-refractivity contribution is 0.669. The van der Waals surface area contributed by atoms with Gasteiger partial charge in [-0.15, -0.1) is 0 Å². The van der Waals surface area contributed by atoms with Gasteiger partial charge in [0, 0.05) is 44.3 Å². The zero-order valence-electron chi connectivity index (χ0n) is 30.3. The van der Waals surface area contributed by atoms with Crippen molar-refractivity contribution in [2.45, 2.75) is 5.41 Å². The summed E-state index contributed by atoms with van der Waals surface area (Å²) in [5.74, 6) is 0. The Bertz CT molecular complexity index is 3380. The number of benzene rings is 9. The minimum atomic E-state index is -0.543. The summed E-state index contributed by atoms with van der Waals surface area (Å²) in [7, 11) is 0. The Hall–Kier alpha value is -7.36. The summed E-state index contributed by atoms with van der Waals surface area (Å²) < 4.78 is 8.78. The molecule has 2 aromatic heterocycles. The fourth-order valence-corrected chi connectivity index (χ4v) is 10.4. The van der Waals surface area contributed by atoms with Crippen LogP contribution in [0, 0.1) is 0 Å². The van der Waals surface area contributed by atoms with E-state index in [-0.39, 0.29) is 0 Å². The smallest absolute Gasteiger partial charge is 0.135 e. The highest BCUT2D eigenvalue weighted by atomic mass is 16.3. The molecule has 2 aliphatic rings. The van der Waals surface area contributed by atoms with E-state index in [1.54, 1.807) is 0 Å². The molecule has 2 aliphatic carbocycles. The minimum Gasteiger partial charge on any atom is -0.456 e. The lowest BCUT2D eigenvalue weighted by Gasteiger charge is -2.39. The maximum absolute atomic E-state index is 6.31. The molecule has 260 valence electrons. The van der Waals surface area contributed by atoms with E-state index in [9.17, 15) is 0 Å². The predicted molar refractivity (Wildman–Crippen MR) is 231 cm³/mol. The highest BCUT2D eigenvalue weighted by Gasteiger charge is 2.50. The molecule has 11 aromatic rings. The van der Waals surface area contributed by atoms with Gasteiger partial charge >= 0.3 is 0 Å². The maximum Gasteiger partial charge on any atom is 0.135 e. The molecule has 0 amide bonds. The molecule has 0 radical (unpaired) electrons. The molecule has 0 unspecified atom stereocenters. The van der Waals surface area contributed by atoms with Gasteiger partial charge in [0.1, 0.15) is 11.2 Å². The van der Waals surface area contributed by atoms with E-state index in [0.717, 1.165) is 39.0 Å². The number of para-hydroxylation sites is 3. The van der Waals surface area contributed by atoms with Gasteiger partial charge in [0.15, 0.2) is 0 Å². The molecule has 0 bridgehead atoms. The largest absolute Gasteiger partial charge is 0.456 e. The Morgan fingerprint density at radius 1 is 0.393 bits per heavy atom. The topological polar surface area (TPSA) is 21.3 Å². The molecule has 2 heterocycles. The number of furan rings is 1. The normalized spacial score (nSPS) is 13.5. The van der Waals surface area contributed by atoms with Crippen LogP contribution in [-0.2, 0) is 5.41 Å². The van der Waals surface area contributed by atoms with Crippen molar-refractivity contribution in [3.63, 3.8) is 0 Å². The standard InChI is InChI=1S/C53H32N2O/c1-3-14-34(15-4-1)54(36-27-29-49-41(31-36)40-20-9-12-25-48(40)56-49)37-30-33-26-28-47-52-50(33)45(32-37)53(42-21-10-7-18-38(42)39-19-8-11-22-43(39)53)44-23-13-24-46(51(44)52)55(47)35-16-5-2-6-17-35/h1-32H. The number of hydrogen-bond donors (Lipinski definition) is 0. The second kappa shape index (κ2) is 10.9. The maximum atomic E-state index is 6.31. The van der Waals surface area contributed by atoms with Crippen LogP contribution in [0.4, 0.5) is 17.1 Å². The van der Waals surface area contributed by atoms with Gasteiger partial charge in [-0.2, -0.15) is 0 Å². The van der Waals surface area contributed by atoms with Crippen LogP contribution < -0.4 is 4.90 Å². The van der Waals surface area contributed by atoms with Crippen molar-refractivity contribution in [1.29, 1.82) is 0 Å². The molecule has 56 heavy (non-hydrogen) atoms. The van der Waals surface area contributed by atoms with Crippen LogP contribution in [0.15, 0.2) is 199 Å². The minimum absolute atomic E-state index is 0.543. The molecular formula is C53H32N2O. The quantitative estimate of drug-likeness (QED) is 0.181. The van der Waals surface area contributed by atoms with Crippen LogP contribution in [0.3, 0.4) is 0 Å². The van der Waals surface area contributed by atoms with Crippen LogP contribution >= 0.6 is 0 Å². The first-order chi connectivity index (χ1) is 27.8. The van der Waals surface area contributed by atoms with Crippen molar-refractivity contribution < 1.29 is 4.42 Å². The number of rotatable bonds is 4. The first kappa shape index (κ1) is 30.0. The van der Waals surface area contributed by atoms with Gasteiger partial charge in [0.25, 0.3) is 0 Å². The molecule has 0 fully saturated rings. The van der Waals surface area contributed by atoms with Gasteiger partial charge in [-0.1, -0.05) is 121 Å². The molecule has 3 heteroatoms. The number of aromatic nitrogens is 1. The molecule has 3 nitrogen and oxygen atoms in total. The van der Waals surface area contributed by atoms with Crippen LogP contribution in [0.2, 0.25) is 0 Å².